The highest BCUT2D eigenvalue weighted by Gasteiger charge is 2.24. The molecule has 0 bridgehead atoms. The normalized spacial score (nSPS) is 19.1. The Labute approximate surface area is 146 Å². The summed E-state index contributed by atoms with van der Waals surface area (Å²) in [6.45, 7) is 6.14. The highest BCUT2D eigenvalue weighted by atomic mass is 16.4. The van der Waals surface area contributed by atoms with Gasteiger partial charge < -0.3 is 14.9 Å². The van der Waals surface area contributed by atoms with Gasteiger partial charge in [0.25, 0.3) is 0 Å². The number of carbonyl (C=O) groups excluding carboxylic acids is 1. The molecule has 1 aromatic heterocycles. The van der Waals surface area contributed by atoms with Gasteiger partial charge in [-0.2, -0.15) is 0 Å². The zero-order valence-corrected chi connectivity index (χ0v) is 14.3. The van der Waals surface area contributed by atoms with Gasteiger partial charge in [-0.25, -0.2) is 14.6 Å². The molecular weight excluding hydrogens is 322 g/mol. The van der Waals surface area contributed by atoms with E-state index in [0.29, 0.717) is 24.5 Å². The van der Waals surface area contributed by atoms with Crippen LogP contribution >= 0.6 is 0 Å². The summed E-state index contributed by atoms with van der Waals surface area (Å²) in [5, 5.41) is 11.5. The Morgan fingerprint density at radius 2 is 2.08 bits per heavy atom. The minimum atomic E-state index is -1.00. The molecule has 0 spiro atoms. The second-order valence-corrected chi connectivity index (χ2v) is 6.44. The van der Waals surface area contributed by atoms with Crippen molar-refractivity contribution in [3.8, 4) is 0 Å². The van der Waals surface area contributed by atoms with Crippen molar-refractivity contribution in [2.45, 2.75) is 6.54 Å². The van der Waals surface area contributed by atoms with E-state index in [9.17, 15) is 9.59 Å². The van der Waals surface area contributed by atoms with Crippen molar-refractivity contribution in [2.24, 2.45) is 0 Å². The van der Waals surface area contributed by atoms with E-state index < -0.39 is 5.97 Å². The number of urea groups is 1. The number of nitrogens with one attached hydrogen (secondary N) is 1. The van der Waals surface area contributed by atoms with Gasteiger partial charge >= 0.3 is 12.0 Å². The summed E-state index contributed by atoms with van der Waals surface area (Å²) < 4.78 is 0. The molecule has 3 rings (SSSR count). The fourth-order valence-electron chi connectivity index (χ4n) is 2.99. The number of carboxylic acids is 1. The molecule has 1 aromatic rings. The first kappa shape index (κ1) is 17.4. The van der Waals surface area contributed by atoms with Crippen molar-refractivity contribution >= 4 is 23.9 Å². The van der Waals surface area contributed by atoms with Gasteiger partial charge in [-0.3, -0.25) is 10.2 Å². The fraction of sp³-hybridized carbons (Fsp3) is 0.471. The molecule has 0 unspecified atom stereocenters. The molecule has 0 aliphatic carbocycles. The zero-order valence-electron chi connectivity index (χ0n) is 14.3. The third kappa shape index (κ3) is 4.55. The van der Waals surface area contributed by atoms with Gasteiger partial charge in [0.05, 0.1) is 6.54 Å². The molecule has 2 amide bonds. The van der Waals surface area contributed by atoms with E-state index in [2.05, 4.69) is 27.1 Å². The lowest BCUT2D eigenvalue weighted by molar-refractivity contribution is -0.131. The molecule has 3 heterocycles. The number of fused-ring (bicyclic) bond motifs is 1. The van der Waals surface area contributed by atoms with Crippen LogP contribution in [0.3, 0.4) is 0 Å². The number of amides is 2. The van der Waals surface area contributed by atoms with Crippen molar-refractivity contribution in [3.63, 3.8) is 0 Å². The maximum Gasteiger partial charge on any atom is 0.328 e. The molecule has 1 fully saturated rings. The van der Waals surface area contributed by atoms with E-state index in [1.165, 1.54) is 6.08 Å². The largest absolute Gasteiger partial charge is 0.478 e. The molecule has 1 saturated heterocycles. The van der Waals surface area contributed by atoms with Crippen molar-refractivity contribution < 1.29 is 14.7 Å². The number of nitrogens with zero attached hydrogens (tertiary/aromatic N) is 4. The number of likely N-dealkylation sites (N-methyl/N-ethyl adjacent to an activating group) is 1. The number of hydrogen-bond acceptors (Lipinski definition) is 5. The number of anilines is 1. The van der Waals surface area contributed by atoms with E-state index in [0.717, 1.165) is 44.4 Å². The average Bonchev–Trinajstić information content (AvgIpc) is 2.59. The maximum atomic E-state index is 12.2. The molecule has 0 radical (unpaired) electrons. The van der Waals surface area contributed by atoms with Crippen LogP contribution in [0.15, 0.2) is 18.3 Å². The Kier molecular flexibility index (Phi) is 5.30. The number of rotatable bonds is 5. The van der Waals surface area contributed by atoms with E-state index in [1.54, 1.807) is 11.1 Å². The van der Waals surface area contributed by atoms with Crippen LogP contribution in [-0.4, -0.2) is 83.1 Å². The van der Waals surface area contributed by atoms with Crippen LogP contribution < -0.4 is 5.32 Å². The highest BCUT2D eigenvalue weighted by molar-refractivity contribution is 5.91. The second kappa shape index (κ2) is 7.62. The molecule has 0 aromatic carbocycles. The average molecular weight is 345 g/mol. The van der Waals surface area contributed by atoms with Crippen LogP contribution in [0.2, 0.25) is 0 Å². The second-order valence-electron chi connectivity index (χ2n) is 6.44. The number of piperazine rings is 1. The van der Waals surface area contributed by atoms with Gasteiger partial charge in [0, 0.05) is 57.1 Å². The maximum absolute atomic E-state index is 12.2. The number of carboxylic acid groups (broad SMARTS) is 1. The Balaban J connectivity index is 1.62. The third-order valence-electron chi connectivity index (χ3n) is 4.56. The number of aliphatic carboxylic acids is 1. The standard InChI is InChI=1S/C17H23N5O3/c1-20-4-6-21(7-5-20)8-9-22-12-14-10-13(2-3-15(23)24)11-18-16(14)19-17(22)25/h2-3,10-11H,4-9,12H2,1H3,(H,23,24)(H,18,19,25). The van der Waals surface area contributed by atoms with Gasteiger partial charge in [-0.05, 0) is 24.8 Å². The summed E-state index contributed by atoms with van der Waals surface area (Å²) in [4.78, 5) is 33.5. The van der Waals surface area contributed by atoms with E-state index >= 15 is 0 Å². The number of carbonyl (C=O) groups is 2. The minimum Gasteiger partial charge on any atom is -0.478 e. The molecule has 8 heteroatoms. The Bertz CT molecular complexity index is 683. The summed E-state index contributed by atoms with van der Waals surface area (Å²) in [6, 6.07) is 1.73. The van der Waals surface area contributed by atoms with Crippen LogP contribution in [0.5, 0.6) is 0 Å². The lowest BCUT2D eigenvalue weighted by Gasteiger charge is -2.35. The molecule has 8 nitrogen and oxygen atoms in total. The Morgan fingerprint density at radius 3 is 2.80 bits per heavy atom. The summed E-state index contributed by atoms with van der Waals surface area (Å²) in [5.41, 5.74) is 1.60. The van der Waals surface area contributed by atoms with Crippen LogP contribution in [0, 0.1) is 0 Å². The summed E-state index contributed by atoms with van der Waals surface area (Å²) in [5.74, 6) is -0.451. The molecule has 2 aliphatic rings. The monoisotopic (exact) mass is 345 g/mol. The van der Waals surface area contributed by atoms with Gasteiger partial charge in [0.1, 0.15) is 5.82 Å². The van der Waals surface area contributed by atoms with E-state index in [4.69, 9.17) is 5.11 Å². The molecular formula is C17H23N5O3. The molecule has 0 atom stereocenters. The predicted octanol–water partition coefficient (Wildman–Crippen LogP) is 0.774. The molecule has 25 heavy (non-hydrogen) atoms. The van der Waals surface area contributed by atoms with Gasteiger partial charge in [-0.1, -0.05) is 0 Å². The Hall–Kier alpha value is -2.45. The topological polar surface area (TPSA) is 89.0 Å². The van der Waals surface area contributed by atoms with Gasteiger partial charge in [0.2, 0.25) is 0 Å². The van der Waals surface area contributed by atoms with Gasteiger partial charge in [0.15, 0.2) is 0 Å². The van der Waals surface area contributed by atoms with Crippen molar-refractivity contribution in [1.29, 1.82) is 0 Å². The highest BCUT2D eigenvalue weighted by Crippen LogP contribution is 2.22. The number of pyridine rings is 1. The van der Waals surface area contributed by atoms with Crippen molar-refractivity contribution in [2.75, 3.05) is 51.6 Å². The summed E-state index contributed by atoms with van der Waals surface area (Å²) >= 11 is 0. The SMILES string of the molecule is CN1CCN(CCN2Cc3cc(C=CC(=O)O)cnc3NC2=O)CC1. The summed E-state index contributed by atoms with van der Waals surface area (Å²) in [6.07, 6.45) is 4.13. The van der Waals surface area contributed by atoms with Crippen LogP contribution in [0.1, 0.15) is 11.1 Å². The number of aromatic nitrogens is 1. The molecule has 0 saturated carbocycles. The first-order chi connectivity index (χ1) is 12.0. The first-order valence-corrected chi connectivity index (χ1v) is 8.38. The molecule has 2 aliphatic heterocycles. The lowest BCUT2D eigenvalue weighted by Crippen LogP contribution is -2.48. The van der Waals surface area contributed by atoms with Gasteiger partial charge in [-0.15, -0.1) is 0 Å². The van der Waals surface area contributed by atoms with Crippen LogP contribution in [0.4, 0.5) is 10.6 Å². The fourth-order valence-corrected chi connectivity index (χ4v) is 2.99. The quantitative estimate of drug-likeness (QED) is 0.767. The Morgan fingerprint density at radius 1 is 1.32 bits per heavy atom. The molecule has 2 N–H and O–H groups in total. The predicted molar refractivity (Wildman–Crippen MR) is 94.3 cm³/mol. The van der Waals surface area contributed by atoms with E-state index in [-0.39, 0.29) is 6.03 Å². The van der Waals surface area contributed by atoms with Crippen LogP contribution in [-0.2, 0) is 11.3 Å². The molecule has 134 valence electrons. The smallest absolute Gasteiger partial charge is 0.328 e. The zero-order chi connectivity index (χ0) is 17.8. The van der Waals surface area contributed by atoms with Crippen molar-refractivity contribution in [1.82, 2.24) is 19.7 Å². The summed E-state index contributed by atoms with van der Waals surface area (Å²) in [7, 11) is 2.12. The van der Waals surface area contributed by atoms with Crippen LogP contribution in [0.25, 0.3) is 6.08 Å². The third-order valence-corrected chi connectivity index (χ3v) is 4.56. The van der Waals surface area contributed by atoms with Crippen molar-refractivity contribution in [3.05, 3.63) is 29.5 Å². The minimum absolute atomic E-state index is 0.136. The van der Waals surface area contributed by atoms with E-state index in [1.807, 2.05) is 6.07 Å². The number of hydrogen-bond donors (Lipinski definition) is 2. The first-order valence-electron chi connectivity index (χ1n) is 8.38. The lowest BCUT2D eigenvalue weighted by atomic mass is 10.1.